The summed E-state index contributed by atoms with van der Waals surface area (Å²) in [4.78, 5) is 10.0. The molecule has 0 bridgehead atoms. The first kappa shape index (κ1) is 11.9. The van der Waals surface area contributed by atoms with Crippen LogP contribution in [-0.4, -0.2) is 4.92 Å². The molecule has 0 heterocycles. The van der Waals surface area contributed by atoms with Crippen LogP contribution in [-0.2, 0) is 19.5 Å². The summed E-state index contributed by atoms with van der Waals surface area (Å²) < 4.78 is 0. The summed E-state index contributed by atoms with van der Waals surface area (Å²) in [6, 6.07) is 4.59. The van der Waals surface area contributed by atoms with E-state index in [-0.39, 0.29) is 35.1 Å². The second-order valence-corrected chi connectivity index (χ2v) is 2.75. The molecule has 0 aliphatic heterocycles. The Hall–Kier alpha value is -0.117. The molecule has 0 N–H and O–H groups in total. The molecule has 3 nitrogen and oxygen atoms in total. The van der Waals surface area contributed by atoms with E-state index in [1.54, 1.807) is 6.07 Å². The summed E-state index contributed by atoms with van der Waals surface area (Å²) in [5.41, 5.74) is -0.141. The van der Waals surface area contributed by atoms with Crippen molar-refractivity contribution in [3.8, 4) is 0 Å². The van der Waals surface area contributed by atoms with Gasteiger partial charge in [0.05, 0.1) is 9.82 Å². The molecule has 0 spiro atoms. The van der Waals surface area contributed by atoms with Gasteiger partial charge in [0.2, 0.25) is 0 Å². The molecular formula is C6H4ClNO2SZn. The van der Waals surface area contributed by atoms with Gasteiger partial charge in [-0.05, 0) is 12.1 Å². The maximum absolute atomic E-state index is 10.3. The molecule has 1 aromatic carbocycles. The SMILES string of the molecule is O=[N+]([O-])c1c(S)cccc1Cl.[Zn]. The van der Waals surface area contributed by atoms with Crippen molar-refractivity contribution in [3.05, 3.63) is 33.3 Å². The molecule has 60 valence electrons. The van der Waals surface area contributed by atoms with Crippen LogP contribution in [0.3, 0.4) is 0 Å². The van der Waals surface area contributed by atoms with E-state index >= 15 is 0 Å². The van der Waals surface area contributed by atoms with Crippen molar-refractivity contribution in [2.75, 3.05) is 0 Å². The minimum absolute atomic E-state index is 0. The van der Waals surface area contributed by atoms with Crippen LogP contribution in [0, 0.1) is 10.1 Å². The maximum atomic E-state index is 10.3. The third kappa shape index (κ3) is 2.44. The van der Waals surface area contributed by atoms with Crippen molar-refractivity contribution in [2.45, 2.75) is 4.90 Å². The first-order chi connectivity index (χ1) is 5.13. The fourth-order valence-corrected chi connectivity index (χ4v) is 1.28. The van der Waals surface area contributed by atoms with Gasteiger partial charge in [0.25, 0.3) is 0 Å². The van der Waals surface area contributed by atoms with E-state index in [9.17, 15) is 10.1 Å². The molecule has 0 aromatic heterocycles. The second-order valence-electron chi connectivity index (χ2n) is 1.86. The predicted octanol–water partition coefficient (Wildman–Crippen LogP) is 2.53. The van der Waals surface area contributed by atoms with Crippen molar-refractivity contribution in [1.29, 1.82) is 0 Å². The number of thiol groups is 1. The van der Waals surface area contributed by atoms with E-state index in [0.29, 0.717) is 0 Å². The van der Waals surface area contributed by atoms with Gasteiger partial charge in [-0.2, -0.15) is 0 Å². The summed E-state index contributed by atoms with van der Waals surface area (Å²) in [5, 5.41) is 10.4. The van der Waals surface area contributed by atoms with Crippen LogP contribution in [0.15, 0.2) is 23.1 Å². The second kappa shape index (κ2) is 4.80. The van der Waals surface area contributed by atoms with Crippen LogP contribution in [0.1, 0.15) is 0 Å². The number of benzene rings is 1. The third-order valence-electron chi connectivity index (χ3n) is 1.15. The number of rotatable bonds is 1. The van der Waals surface area contributed by atoms with Crippen LogP contribution in [0.5, 0.6) is 0 Å². The van der Waals surface area contributed by atoms with Gasteiger partial charge in [-0.1, -0.05) is 17.7 Å². The zero-order valence-electron chi connectivity index (χ0n) is 6.03. The van der Waals surface area contributed by atoms with E-state index in [2.05, 4.69) is 12.6 Å². The first-order valence-corrected chi connectivity index (χ1v) is 3.57. The minimum Gasteiger partial charge on any atom is -0.258 e. The number of nitrogens with zero attached hydrogens (tertiary/aromatic N) is 1. The molecule has 0 aliphatic rings. The molecule has 0 unspecified atom stereocenters. The Morgan fingerprint density at radius 2 is 2.08 bits per heavy atom. The van der Waals surface area contributed by atoms with Gasteiger partial charge in [-0.3, -0.25) is 10.1 Å². The fraction of sp³-hybridized carbons (Fsp3) is 0. The largest absolute Gasteiger partial charge is 0.301 e. The summed E-state index contributed by atoms with van der Waals surface area (Å²) in [6.07, 6.45) is 0. The van der Waals surface area contributed by atoms with Gasteiger partial charge in [0.1, 0.15) is 5.02 Å². The van der Waals surface area contributed by atoms with Crippen LogP contribution in [0.4, 0.5) is 5.69 Å². The molecule has 1 rings (SSSR count). The summed E-state index contributed by atoms with van der Waals surface area (Å²) in [6.45, 7) is 0. The average molecular weight is 255 g/mol. The number of hydrogen-bond acceptors (Lipinski definition) is 3. The molecule has 0 saturated carbocycles. The van der Waals surface area contributed by atoms with E-state index in [1.165, 1.54) is 12.1 Å². The minimum atomic E-state index is -0.551. The Kier molecular flexibility index (Phi) is 4.75. The number of para-hydroxylation sites is 1. The van der Waals surface area contributed by atoms with Crippen LogP contribution in [0.2, 0.25) is 5.02 Å². The number of nitro benzene ring substituents is 1. The predicted molar refractivity (Wildman–Crippen MR) is 45.4 cm³/mol. The first-order valence-electron chi connectivity index (χ1n) is 2.75. The standard InChI is InChI=1S/C6H4ClNO2S.Zn/c7-4-2-1-3-5(11)6(4)8(9)10;/h1-3,11H;. The molecule has 0 saturated heterocycles. The van der Waals surface area contributed by atoms with E-state index in [0.717, 1.165) is 0 Å². The Labute approximate surface area is 92.4 Å². The van der Waals surface area contributed by atoms with Crippen molar-refractivity contribution in [2.24, 2.45) is 0 Å². The van der Waals surface area contributed by atoms with E-state index < -0.39 is 4.92 Å². The van der Waals surface area contributed by atoms with Crippen LogP contribution < -0.4 is 0 Å². The molecule has 1 aromatic rings. The Balaban J connectivity index is 0.00000121. The topological polar surface area (TPSA) is 43.1 Å². The normalized spacial score (nSPS) is 8.83. The average Bonchev–Trinajstić information content (AvgIpc) is 1.85. The molecule has 6 heteroatoms. The van der Waals surface area contributed by atoms with Gasteiger partial charge in [-0.15, -0.1) is 12.6 Å². The van der Waals surface area contributed by atoms with Gasteiger partial charge < -0.3 is 0 Å². The van der Waals surface area contributed by atoms with Gasteiger partial charge in [0, 0.05) is 19.5 Å². The quantitative estimate of drug-likeness (QED) is 0.362. The summed E-state index contributed by atoms with van der Waals surface area (Å²) >= 11 is 9.41. The zero-order chi connectivity index (χ0) is 8.43. The summed E-state index contributed by atoms with van der Waals surface area (Å²) in [5.74, 6) is 0. The Bertz CT molecular complexity index is 287. The van der Waals surface area contributed by atoms with Crippen molar-refractivity contribution >= 4 is 29.9 Å². The monoisotopic (exact) mass is 253 g/mol. The molecule has 0 fully saturated rings. The van der Waals surface area contributed by atoms with E-state index in [4.69, 9.17) is 11.6 Å². The van der Waals surface area contributed by atoms with Crippen LogP contribution in [0.25, 0.3) is 0 Å². The zero-order valence-corrected chi connectivity index (χ0v) is 10.6. The van der Waals surface area contributed by atoms with Crippen LogP contribution >= 0.6 is 24.2 Å². The van der Waals surface area contributed by atoms with E-state index in [1.807, 2.05) is 0 Å². The number of hydrogen-bond donors (Lipinski definition) is 1. The molecule has 0 atom stereocenters. The smallest absolute Gasteiger partial charge is 0.258 e. The van der Waals surface area contributed by atoms with Crippen molar-refractivity contribution < 1.29 is 24.4 Å². The molecule has 0 radical (unpaired) electrons. The Morgan fingerprint density at radius 1 is 1.50 bits per heavy atom. The molecule has 0 amide bonds. The molecule has 12 heavy (non-hydrogen) atoms. The Morgan fingerprint density at radius 3 is 2.42 bits per heavy atom. The fourth-order valence-electron chi connectivity index (χ4n) is 0.685. The number of halogens is 1. The number of nitro groups is 1. The van der Waals surface area contributed by atoms with Gasteiger partial charge >= 0.3 is 5.69 Å². The van der Waals surface area contributed by atoms with Gasteiger partial charge in [-0.25, -0.2) is 0 Å². The maximum Gasteiger partial charge on any atom is 0.301 e. The molecular weight excluding hydrogens is 251 g/mol. The summed E-state index contributed by atoms with van der Waals surface area (Å²) in [7, 11) is 0. The molecule has 0 aliphatic carbocycles. The van der Waals surface area contributed by atoms with Gasteiger partial charge in [0.15, 0.2) is 0 Å². The van der Waals surface area contributed by atoms with Crippen molar-refractivity contribution in [1.82, 2.24) is 0 Å². The van der Waals surface area contributed by atoms with Crippen molar-refractivity contribution in [3.63, 3.8) is 0 Å². The third-order valence-corrected chi connectivity index (χ3v) is 1.81.